The maximum absolute atomic E-state index is 12.1. The fourth-order valence-corrected chi connectivity index (χ4v) is 3.26. The van der Waals surface area contributed by atoms with Crippen molar-refractivity contribution in [2.75, 3.05) is 6.26 Å². The topological polar surface area (TPSA) is 57.6 Å². The molecule has 0 amide bonds. The van der Waals surface area contributed by atoms with E-state index in [1.54, 1.807) is 24.3 Å². The maximum Gasteiger partial charge on any atom is 0.211 e. The van der Waals surface area contributed by atoms with Gasteiger partial charge in [0.25, 0.3) is 0 Å². The molecule has 5 heteroatoms. The van der Waals surface area contributed by atoms with Gasteiger partial charge in [-0.1, -0.05) is 49.7 Å². The molecule has 0 saturated heterocycles. The van der Waals surface area contributed by atoms with Gasteiger partial charge >= 0.3 is 0 Å². The molecule has 0 fully saturated rings. The Morgan fingerprint density at radius 1 is 0.875 bits per heavy atom. The second-order valence-electron chi connectivity index (χ2n) is 6.12. The summed E-state index contributed by atoms with van der Waals surface area (Å²) in [5, 5.41) is 9.34. The Bertz CT molecular complexity index is 737. The van der Waals surface area contributed by atoms with E-state index in [1.165, 1.54) is 16.1 Å². The first-order chi connectivity index (χ1) is 11.4. The van der Waals surface area contributed by atoms with Gasteiger partial charge in [0.15, 0.2) is 0 Å². The molecule has 0 heterocycles. The highest BCUT2D eigenvalue weighted by Crippen LogP contribution is 2.17. The first-order valence-electron chi connectivity index (χ1n) is 8.19. The zero-order valence-electron chi connectivity index (χ0n) is 14.3. The Morgan fingerprint density at radius 2 is 1.33 bits per heavy atom. The molecule has 2 aromatic carbocycles. The number of hydrogen-bond acceptors (Lipinski definition) is 3. The van der Waals surface area contributed by atoms with E-state index in [0.29, 0.717) is 6.54 Å². The molecular weight excluding hydrogens is 322 g/mol. The molecule has 2 rings (SSSR count). The number of aryl methyl sites for hydroxylation is 1. The standard InChI is InChI=1S/C19H25NO3S/c1-3-4-5-16-6-8-17(9-7-16)14-20(24(2,22)23)15-18-10-12-19(21)13-11-18/h6-13,21H,3-5,14-15H2,1-2H3. The summed E-state index contributed by atoms with van der Waals surface area (Å²) < 4.78 is 25.6. The van der Waals surface area contributed by atoms with Crippen molar-refractivity contribution < 1.29 is 13.5 Å². The Labute approximate surface area is 144 Å². The van der Waals surface area contributed by atoms with Crippen LogP contribution < -0.4 is 0 Å². The van der Waals surface area contributed by atoms with Crippen LogP contribution in [0.2, 0.25) is 0 Å². The Balaban J connectivity index is 2.10. The molecular formula is C19H25NO3S. The van der Waals surface area contributed by atoms with Crippen molar-refractivity contribution in [2.24, 2.45) is 0 Å². The third kappa shape index (κ3) is 5.65. The van der Waals surface area contributed by atoms with Gasteiger partial charge in [0.2, 0.25) is 10.0 Å². The van der Waals surface area contributed by atoms with Crippen molar-refractivity contribution in [3.05, 3.63) is 65.2 Å². The predicted molar refractivity (Wildman–Crippen MR) is 97.3 cm³/mol. The van der Waals surface area contributed by atoms with Gasteiger partial charge in [-0.2, -0.15) is 4.31 Å². The Hall–Kier alpha value is -1.85. The van der Waals surface area contributed by atoms with E-state index in [0.717, 1.165) is 30.4 Å². The molecule has 0 aliphatic rings. The van der Waals surface area contributed by atoms with Crippen LogP contribution in [0.1, 0.15) is 36.5 Å². The summed E-state index contributed by atoms with van der Waals surface area (Å²) >= 11 is 0. The SMILES string of the molecule is CCCCc1ccc(CN(Cc2ccc(O)cc2)S(C)(=O)=O)cc1. The van der Waals surface area contributed by atoms with Crippen molar-refractivity contribution in [1.82, 2.24) is 4.31 Å². The smallest absolute Gasteiger partial charge is 0.211 e. The molecule has 0 bridgehead atoms. The lowest BCUT2D eigenvalue weighted by molar-refractivity contribution is 0.404. The molecule has 0 radical (unpaired) electrons. The monoisotopic (exact) mass is 347 g/mol. The first-order valence-corrected chi connectivity index (χ1v) is 10.0. The van der Waals surface area contributed by atoms with Crippen LogP contribution in [-0.2, 0) is 29.5 Å². The zero-order valence-corrected chi connectivity index (χ0v) is 15.1. The van der Waals surface area contributed by atoms with Crippen molar-refractivity contribution in [3.8, 4) is 5.75 Å². The molecule has 0 spiro atoms. The number of phenolic OH excluding ortho intramolecular Hbond substituents is 1. The summed E-state index contributed by atoms with van der Waals surface area (Å²) in [4.78, 5) is 0. The molecule has 2 aromatic rings. The third-order valence-corrected chi connectivity index (χ3v) is 5.16. The number of benzene rings is 2. The zero-order chi connectivity index (χ0) is 17.6. The number of hydrogen-bond donors (Lipinski definition) is 1. The van der Waals surface area contributed by atoms with E-state index in [1.807, 2.05) is 12.1 Å². The number of sulfonamides is 1. The molecule has 0 aliphatic carbocycles. The minimum absolute atomic E-state index is 0.173. The number of unbranched alkanes of at least 4 members (excludes halogenated alkanes) is 1. The lowest BCUT2D eigenvalue weighted by Gasteiger charge is -2.20. The van der Waals surface area contributed by atoms with Gasteiger partial charge in [0.05, 0.1) is 6.26 Å². The number of nitrogens with zero attached hydrogens (tertiary/aromatic N) is 1. The van der Waals surface area contributed by atoms with Crippen molar-refractivity contribution in [2.45, 2.75) is 39.3 Å². The predicted octanol–water partition coefficient (Wildman–Crippen LogP) is 3.70. The molecule has 24 heavy (non-hydrogen) atoms. The van der Waals surface area contributed by atoms with Crippen LogP contribution in [0.25, 0.3) is 0 Å². The van der Waals surface area contributed by atoms with Crippen LogP contribution in [0.4, 0.5) is 0 Å². The van der Waals surface area contributed by atoms with Crippen molar-refractivity contribution in [3.63, 3.8) is 0 Å². The molecule has 4 nitrogen and oxygen atoms in total. The summed E-state index contributed by atoms with van der Waals surface area (Å²) in [5.74, 6) is 0.173. The summed E-state index contributed by atoms with van der Waals surface area (Å²) in [6, 6.07) is 14.8. The fourth-order valence-electron chi connectivity index (χ4n) is 2.49. The second-order valence-corrected chi connectivity index (χ2v) is 8.10. The summed E-state index contributed by atoms with van der Waals surface area (Å²) in [7, 11) is -3.32. The van der Waals surface area contributed by atoms with E-state index >= 15 is 0 Å². The molecule has 0 aromatic heterocycles. The highest BCUT2D eigenvalue weighted by atomic mass is 32.2. The van der Waals surface area contributed by atoms with Gasteiger partial charge in [0, 0.05) is 13.1 Å². The normalized spacial score (nSPS) is 11.8. The number of aromatic hydroxyl groups is 1. The van der Waals surface area contributed by atoms with Crippen LogP contribution >= 0.6 is 0 Å². The van der Waals surface area contributed by atoms with E-state index in [9.17, 15) is 13.5 Å². The molecule has 0 aliphatic heterocycles. The summed E-state index contributed by atoms with van der Waals surface area (Å²) in [6.45, 7) is 2.80. The van der Waals surface area contributed by atoms with Crippen LogP contribution in [0.5, 0.6) is 5.75 Å². The largest absolute Gasteiger partial charge is 0.508 e. The lowest BCUT2D eigenvalue weighted by atomic mass is 10.1. The highest BCUT2D eigenvalue weighted by Gasteiger charge is 2.17. The first kappa shape index (κ1) is 18.5. The van der Waals surface area contributed by atoms with Crippen molar-refractivity contribution in [1.29, 1.82) is 0 Å². The van der Waals surface area contributed by atoms with E-state index in [-0.39, 0.29) is 12.3 Å². The van der Waals surface area contributed by atoms with E-state index < -0.39 is 10.0 Å². The third-order valence-electron chi connectivity index (χ3n) is 3.97. The van der Waals surface area contributed by atoms with Gasteiger partial charge in [0.1, 0.15) is 5.75 Å². The van der Waals surface area contributed by atoms with Gasteiger partial charge in [-0.15, -0.1) is 0 Å². The molecule has 0 atom stereocenters. The second kappa shape index (κ2) is 8.31. The fraction of sp³-hybridized carbons (Fsp3) is 0.368. The summed E-state index contributed by atoms with van der Waals surface area (Å²) in [5.41, 5.74) is 3.10. The highest BCUT2D eigenvalue weighted by molar-refractivity contribution is 7.88. The van der Waals surface area contributed by atoms with E-state index in [4.69, 9.17) is 0 Å². The van der Waals surface area contributed by atoms with Crippen LogP contribution in [0.3, 0.4) is 0 Å². The van der Waals surface area contributed by atoms with Gasteiger partial charge in [-0.3, -0.25) is 0 Å². The quantitative estimate of drug-likeness (QED) is 0.792. The lowest BCUT2D eigenvalue weighted by Crippen LogP contribution is -2.29. The van der Waals surface area contributed by atoms with Crippen LogP contribution in [0, 0.1) is 0 Å². The summed E-state index contributed by atoms with van der Waals surface area (Å²) in [6.07, 6.45) is 4.61. The van der Waals surface area contributed by atoms with Gasteiger partial charge in [-0.25, -0.2) is 8.42 Å². The van der Waals surface area contributed by atoms with Crippen LogP contribution in [0.15, 0.2) is 48.5 Å². The average Bonchev–Trinajstić information content (AvgIpc) is 2.54. The maximum atomic E-state index is 12.1. The number of rotatable bonds is 8. The Kier molecular flexibility index (Phi) is 6.40. The number of phenols is 1. The molecule has 0 unspecified atom stereocenters. The van der Waals surface area contributed by atoms with Gasteiger partial charge < -0.3 is 5.11 Å². The van der Waals surface area contributed by atoms with Crippen molar-refractivity contribution >= 4 is 10.0 Å². The Morgan fingerprint density at radius 3 is 1.79 bits per heavy atom. The molecule has 0 saturated carbocycles. The average molecular weight is 347 g/mol. The van der Waals surface area contributed by atoms with E-state index in [2.05, 4.69) is 19.1 Å². The molecule has 130 valence electrons. The minimum Gasteiger partial charge on any atom is -0.508 e. The molecule has 1 N–H and O–H groups in total. The van der Waals surface area contributed by atoms with Gasteiger partial charge in [-0.05, 0) is 41.7 Å². The van der Waals surface area contributed by atoms with Crippen LogP contribution in [-0.4, -0.2) is 24.1 Å². The minimum atomic E-state index is -3.32.